The highest BCUT2D eigenvalue weighted by molar-refractivity contribution is 7.89. The summed E-state index contributed by atoms with van der Waals surface area (Å²) in [5, 5.41) is 0. The van der Waals surface area contributed by atoms with E-state index >= 15 is 0 Å². The van der Waals surface area contributed by atoms with Gasteiger partial charge in [-0.3, -0.25) is 0 Å². The van der Waals surface area contributed by atoms with E-state index in [4.69, 9.17) is 5.73 Å². The molecular weight excluding hydrogens is 254 g/mol. The predicted molar refractivity (Wildman–Crippen MR) is 66.0 cm³/mol. The molecule has 2 aromatic rings. The molecule has 8 heteroatoms. The van der Waals surface area contributed by atoms with Gasteiger partial charge >= 0.3 is 0 Å². The molecule has 2 aromatic heterocycles. The first-order chi connectivity index (χ1) is 8.49. The molecule has 0 bridgehead atoms. The second kappa shape index (κ2) is 4.75. The summed E-state index contributed by atoms with van der Waals surface area (Å²) < 4.78 is 26.6. The van der Waals surface area contributed by atoms with Crippen molar-refractivity contribution in [1.82, 2.24) is 19.7 Å². The highest BCUT2D eigenvalue weighted by Gasteiger charge is 2.19. The van der Waals surface area contributed by atoms with Crippen LogP contribution in [0.25, 0.3) is 0 Å². The molecule has 1 unspecified atom stereocenters. The lowest BCUT2D eigenvalue weighted by molar-refractivity contribution is 0.561. The second-order valence-corrected chi connectivity index (χ2v) is 5.45. The van der Waals surface area contributed by atoms with Crippen LogP contribution in [-0.4, -0.2) is 23.4 Å². The Morgan fingerprint density at radius 1 is 1.39 bits per heavy atom. The number of nitrogens with zero attached hydrogens (tertiary/aromatic N) is 2. The molecule has 4 N–H and O–H groups in total. The lowest BCUT2D eigenvalue weighted by atomic mass is 10.3. The van der Waals surface area contributed by atoms with Gasteiger partial charge in [-0.25, -0.2) is 23.1 Å². The van der Waals surface area contributed by atoms with Crippen LogP contribution in [0.5, 0.6) is 0 Å². The number of nitrogens with one attached hydrogen (secondary N) is 2. The number of rotatable bonds is 4. The van der Waals surface area contributed by atoms with Crippen LogP contribution in [0.15, 0.2) is 35.6 Å². The molecule has 0 fully saturated rings. The highest BCUT2D eigenvalue weighted by Crippen LogP contribution is 2.14. The van der Waals surface area contributed by atoms with Crippen molar-refractivity contribution in [3.63, 3.8) is 0 Å². The molecule has 96 valence electrons. The monoisotopic (exact) mass is 267 g/mol. The fourth-order valence-corrected chi connectivity index (χ4v) is 2.70. The molecule has 0 aliphatic heterocycles. The second-order valence-electron chi connectivity index (χ2n) is 3.73. The number of pyridine rings is 1. The number of H-pyrrole nitrogens is 1. The minimum atomic E-state index is -3.64. The summed E-state index contributed by atoms with van der Waals surface area (Å²) >= 11 is 0. The number of imidazole rings is 1. The molecule has 0 amide bonds. The molecule has 18 heavy (non-hydrogen) atoms. The van der Waals surface area contributed by atoms with Crippen molar-refractivity contribution in [2.24, 2.45) is 0 Å². The van der Waals surface area contributed by atoms with E-state index in [1.807, 2.05) is 0 Å². The van der Waals surface area contributed by atoms with Crippen LogP contribution >= 0.6 is 0 Å². The number of nitrogen functional groups attached to an aromatic ring is 1. The van der Waals surface area contributed by atoms with E-state index in [9.17, 15) is 8.42 Å². The van der Waals surface area contributed by atoms with E-state index in [2.05, 4.69) is 19.7 Å². The van der Waals surface area contributed by atoms with Gasteiger partial charge in [-0.2, -0.15) is 0 Å². The third-order valence-corrected chi connectivity index (χ3v) is 3.86. The number of anilines is 1. The normalized spacial score (nSPS) is 13.4. The topological polar surface area (TPSA) is 114 Å². The SMILES string of the molecule is CC(NS(=O)(=O)c1ccnc(N)c1)c1ncc[nH]1. The average Bonchev–Trinajstić information content (AvgIpc) is 2.82. The Morgan fingerprint density at radius 3 is 2.78 bits per heavy atom. The van der Waals surface area contributed by atoms with Gasteiger partial charge in [-0.1, -0.05) is 0 Å². The summed E-state index contributed by atoms with van der Waals surface area (Å²) in [5.41, 5.74) is 5.46. The fraction of sp³-hybridized carbons (Fsp3) is 0.200. The predicted octanol–water partition coefficient (Wildman–Crippen LogP) is 0.426. The highest BCUT2D eigenvalue weighted by atomic mass is 32.2. The standard InChI is InChI=1S/C10H13N5O2S/c1-7(10-13-4-5-14-10)15-18(16,17)8-2-3-12-9(11)6-8/h2-7,15H,1H3,(H2,11,12)(H,13,14). The Labute approximate surface area is 105 Å². The van der Waals surface area contributed by atoms with Crippen molar-refractivity contribution in [1.29, 1.82) is 0 Å². The van der Waals surface area contributed by atoms with Crippen molar-refractivity contribution < 1.29 is 8.42 Å². The van der Waals surface area contributed by atoms with Crippen LogP contribution in [0.1, 0.15) is 18.8 Å². The van der Waals surface area contributed by atoms with Crippen LogP contribution < -0.4 is 10.5 Å². The first kappa shape index (κ1) is 12.5. The van der Waals surface area contributed by atoms with Crippen molar-refractivity contribution in [2.75, 3.05) is 5.73 Å². The summed E-state index contributed by atoms with van der Waals surface area (Å²) in [5.74, 6) is 0.698. The fourth-order valence-electron chi connectivity index (χ4n) is 1.47. The molecule has 0 saturated carbocycles. The van der Waals surface area contributed by atoms with Gasteiger partial charge in [0, 0.05) is 24.7 Å². The summed E-state index contributed by atoms with van der Waals surface area (Å²) in [6.45, 7) is 1.70. The molecule has 7 nitrogen and oxygen atoms in total. The minimum absolute atomic E-state index is 0.0772. The van der Waals surface area contributed by atoms with Crippen molar-refractivity contribution in [3.05, 3.63) is 36.5 Å². The number of aromatic nitrogens is 3. The molecule has 0 radical (unpaired) electrons. The van der Waals surface area contributed by atoms with E-state index in [0.29, 0.717) is 5.82 Å². The van der Waals surface area contributed by atoms with Gasteiger partial charge in [0.25, 0.3) is 0 Å². The maximum absolute atomic E-state index is 12.1. The largest absolute Gasteiger partial charge is 0.384 e. The summed E-state index contributed by atoms with van der Waals surface area (Å²) in [4.78, 5) is 10.7. The molecular formula is C10H13N5O2S. The lowest BCUT2D eigenvalue weighted by Gasteiger charge is -2.12. The van der Waals surface area contributed by atoms with Crippen molar-refractivity contribution >= 4 is 15.8 Å². The smallest absolute Gasteiger partial charge is 0.241 e. The number of nitrogens with two attached hydrogens (primary N) is 1. The van der Waals surface area contributed by atoms with Crippen LogP contribution in [0.3, 0.4) is 0 Å². The molecule has 0 aliphatic rings. The van der Waals surface area contributed by atoms with Gasteiger partial charge in [0.2, 0.25) is 10.0 Å². The number of sulfonamides is 1. The minimum Gasteiger partial charge on any atom is -0.384 e. The van der Waals surface area contributed by atoms with E-state index < -0.39 is 16.1 Å². The summed E-state index contributed by atoms with van der Waals surface area (Å²) in [6.07, 6.45) is 4.54. The third kappa shape index (κ3) is 2.66. The Balaban J connectivity index is 2.22. The summed E-state index contributed by atoms with van der Waals surface area (Å²) in [7, 11) is -3.64. The molecule has 0 spiro atoms. The maximum Gasteiger partial charge on any atom is 0.241 e. The first-order valence-corrected chi connectivity index (χ1v) is 6.70. The van der Waals surface area contributed by atoms with Gasteiger partial charge in [-0.05, 0) is 13.0 Å². The Bertz CT molecular complexity index is 623. The van der Waals surface area contributed by atoms with Gasteiger partial charge in [-0.15, -0.1) is 0 Å². The van der Waals surface area contributed by atoms with Crippen LogP contribution in [0.4, 0.5) is 5.82 Å². The Morgan fingerprint density at radius 2 is 2.17 bits per heavy atom. The molecule has 2 heterocycles. The van der Waals surface area contributed by atoms with E-state index in [1.54, 1.807) is 19.3 Å². The van der Waals surface area contributed by atoms with Crippen LogP contribution in [0.2, 0.25) is 0 Å². The molecule has 1 atom stereocenters. The molecule has 0 aliphatic carbocycles. The lowest BCUT2D eigenvalue weighted by Crippen LogP contribution is -2.27. The molecule has 0 aromatic carbocycles. The first-order valence-electron chi connectivity index (χ1n) is 5.22. The summed E-state index contributed by atoms with van der Waals surface area (Å²) in [6, 6.07) is 2.23. The zero-order chi connectivity index (χ0) is 13.2. The van der Waals surface area contributed by atoms with Crippen LogP contribution in [0, 0.1) is 0 Å². The van der Waals surface area contributed by atoms with Crippen LogP contribution in [-0.2, 0) is 10.0 Å². The van der Waals surface area contributed by atoms with E-state index in [-0.39, 0.29) is 10.7 Å². The third-order valence-electron chi connectivity index (χ3n) is 2.32. The number of hydrogen-bond donors (Lipinski definition) is 3. The Kier molecular flexibility index (Phi) is 3.30. The quantitative estimate of drug-likeness (QED) is 0.743. The zero-order valence-electron chi connectivity index (χ0n) is 9.66. The average molecular weight is 267 g/mol. The van der Waals surface area contributed by atoms with E-state index in [1.165, 1.54) is 18.3 Å². The van der Waals surface area contributed by atoms with Gasteiger partial charge in [0.05, 0.1) is 10.9 Å². The van der Waals surface area contributed by atoms with Crippen molar-refractivity contribution in [2.45, 2.75) is 17.9 Å². The Hall–Kier alpha value is -1.93. The molecule has 0 saturated heterocycles. The van der Waals surface area contributed by atoms with E-state index in [0.717, 1.165) is 0 Å². The van der Waals surface area contributed by atoms with Gasteiger partial charge in [0.1, 0.15) is 11.6 Å². The number of aromatic amines is 1. The zero-order valence-corrected chi connectivity index (χ0v) is 10.5. The number of hydrogen-bond acceptors (Lipinski definition) is 5. The molecule has 2 rings (SSSR count). The van der Waals surface area contributed by atoms with Gasteiger partial charge < -0.3 is 10.7 Å². The maximum atomic E-state index is 12.1. The van der Waals surface area contributed by atoms with Gasteiger partial charge in [0.15, 0.2) is 0 Å². The van der Waals surface area contributed by atoms with Crippen molar-refractivity contribution in [3.8, 4) is 0 Å².